The average Bonchev–Trinajstić information content (AvgIpc) is 3.19. The van der Waals surface area contributed by atoms with Gasteiger partial charge in [0.15, 0.2) is 0 Å². The Labute approximate surface area is 335 Å². The van der Waals surface area contributed by atoms with Gasteiger partial charge < -0.3 is 9.80 Å². The van der Waals surface area contributed by atoms with Crippen LogP contribution in [-0.4, -0.2) is 32.2 Å². The molecule has 0 bridgehead atoms. The number of unbranched alkanes of at least 4 members (excludes halogenated alkanes) is 30. The van der Waals surface area contributed by atoms with Crippen molar-refractivity contribution in [3.63, 3.8) is 0 Å². The van der Waals surface area contributed by atoms with Gasteiger partial charge in [-0.1, -0.05) is 219 Å². The summed E-state index contributed by atoms with van der Waals surface area (Å²) in [6, 6.07) is 16.0. The SMILES string of the molecule is CCCCCCCCCCCCCCCCCCN(C)c1ccc2cc3ccc(N(C)CCCCCCCCCCCCCCCCCC)cc3nc2c1. The second-order valence-electron chi connectivity index (χ2n) is 17.2. The topological polar surface area (TPSA) is 19.4 Å². The molecule has 0 radical (unpaired) electrons. The molecule has 0 fully saturated rings. The monoisotopic (exact) mass is 742 g/mol. The summed E-state index contributed by atoms with van der Waals surface area (Å²) in [5, 5.41) is 2.47. The number of rotatable bonds is 36. The van der Waals surface area contributed by atoms with Gasteiger partial charge in [-0.15, -0.1) is 0 Å². The van der Waals surface area contributed by atoms with Gasteiger partial charge in [-0.05, 0) is 43.2 Å². The van der Waals surface area contributed by atoms with Crippen LogP contribution in [-0.2, 0) is 0 Å². The molecule has 0 spiro atoms. The summed E-state index contributed by atoms with van der Waals surface area (Å²) in [6.45, 7) is 6.84. The maximum atomic E-state index is 5.17. The molecule has 0 N–H and O–H groups in total. The zero-order chi connectivity index (χ0) is 38.3. The van der Waals surface area contributed by atoms with Gasteiger partial charge in [-0.3, -0.25) is 0 Å². The van der Waals surface area contributed by atoms with Gasteiger partial charge in [0, 0.05) is 49.3 Å². The number of hydrogen-bond donors (Lipinski definition) is 0. The van der Waals surface area contributed by atoms with Gasteiger partial charge in [0.05, 0.1) is 11.0 Å². The van der Waals surface area contributed by atoms with Gasteiger partial charge in [0.25, 0.3) is 0 Å². The van der Waals surface area contributed by atoms with Crippen LogP contribution in [0, 0.1) is 0 Å². The first-order valence-corrected chi connectivity index (χ1v) is 23.9. The summed E-state index contributed by atoms with van der Waals surface area (Å²) in [6.07, 6.45) is 45.4. The molecule has 0 saturated heterocycles. The maximum absolute atomic E-state index is 5.17. The van der Waals surface area contributed by atoms with E-state index in [4.69, 9.17) is 4.98 Å². The Morgan fingerprint density at radius 3 is 0.870 bits per heavy atom. The minimum atomic E-state index is 1.11. The normalized spacial score (nSPS) is 11.6. The molecule has 3 rings (SSSR count). The molecule has 0 amide bonds. The lowest BCUT2D eigenvalue weighted by atomic mass is 10.0. The van der Waals surface area contributed by atoms with Crippen molar-refractivity contribution in [2.45, 2.75) is 219 Å². The van der Waals surface area contributed by atoms with E-state index >= 15 is 0 Å². The van der Waals surface area contributed by atoms with Crippen molar-refractivity contribution in [1.29, 1.82) is 0 Å². The van der Waals surface area contributed by atoms with Gasteiger partial charge in [-0.2, -0.15) is 0 Å². The van der Waals surface area contributed by atoms with Gasteiger partial charge >= 0.3 is 0 Å². The second-order valence-corrected chi connectivity index (χ2v) is 17.2. The second kappa shape index (κ2) is 30.9. The van der Waals surface area contributed by atoms with Crippen LogP contribution in [0.25, 0.3) is 21.8 Å². The Morgan fingerprint density at radius 1 is 0.333 bits per heavy atom. The summed E-state index contributed by atoms with van der Waals surface area (Å²) in [4.78, 5) is 10.0. The fourth-order valence-corrected chi connectivity index (χ4v) is 8.33. The molecule has 0 saturated carbocycles. The first kappa shape index (κ1) is 46.1. The largest absolute Gasteiger partial charge is 0.375 e. The summed E-state index contributed by atoms with van der Waals surface area (Å²) in [7, 11) is 4.50. The Morgan fingerprint density at radius 2 is 0.593 bits per heavy atom. The van der Waals surface area contributed by atoms with E-state index in [-0.39, 0.29) is 0 Å². The van der Waals surface area contributed by atoms with E-state index < -0.39 is 0 Å². The van der Waals surface area contributed by atoms with E-state index in [1.165, 1.54) is 228 Å². The fraction of sp³-hybridized carbons (Fsp3) is 0.745. The number of nitrogens with zero attached hydrogens (tertiary/aromatic N) is 3. The van der Waals surface area contributed by atoms with E-state index in [2.05, 4.69) is 80.2 Å². The molecular formula is C51H87N3. The third kappa shape index (κ3) is 20.6. The highest BCUT2D eigenvalue weighted by Gasteiger charge is 2.08. The highest BCUT2D eigenvalue weighted by molar-refractivity contribution is 5.95. The van der Waals surface area contributed by atoms with E-state index in [1.54, 1.807) is 0 Å². The molecular weight excluding hydrogens is 655 g/mol. The van der Waals surface area contributed by atoms with E-state index in [9.17, 15) is 0 Å². The van der Waals surface area contributed by atoms with Crippen molar-refractivity contribution in [2.24, 2.45) is 0 Å². The molecule has 306 valence electrons. The van der Waals surface area contributed by atoms with Crippen molar-refractivity contribution in [1.82, 2.24) is 4.98 Å². The average molecular weight is 742 g/mol. The van der Waals surface area contributed by atoms with Crippen molar-refractivity contribution in [2.75, 3.05) is 37.0 Å². The number of hydrogen-bond acceptors (Lipinski definition) is 3. The van der Waals surface area contributed by atoms with Crippen LogP contribution in [0.5, 0.6) is 0 Å². The molecule has 0 aliphatic carbocycles. The standard InChI is InChI=1S/C51H87N3/c1-5-7-9-11-13-15-17-19-21-23-25-27-29-31-33-35-41-53(3)48-39-37-46-43-47-38-40-49(45-51(47)52-50(46)44-48)54(4)42-36-34-32-30-28-26-24-22-20-18-16-14-12-10-8-6-2/h37-40,43-45H,5-36,41-42H2,1-4H3. The van der Waals surface area contributed by atoms with E-state index in [1.807, 2.05) is 0 Å². The van der Waals surface area contributed by atoms with Crippen molar-refractivity contribution < 1.29 is 0 Å². The predicted octanol–water partition coefficient (Wildman–Crippen LogP) is 16.8. The molecule has 0 aliphatic heterocycles. The molecule has 0 unspecified atom stereocenters. The zero-order valence-electron chi connectivity index (χ0n) is 36.4. The van der Waals surface area contributed by atoms with Crippen molar-refractivity contribution in [3.8, 4) is 0 Å². The third-order valence-corrected chi connectivity index (χ3v) is 12.2. The molecule has 1 aromatic heterocycles. The smallest absolute Gasteiger partial charge is 0.0730 e. The first-order chi connectivity index (χ1) is 26.6. The van der Waals surface area contributed by atoms with Crippen LogP contribution in [0.3, 0.4) is 0 Å². The van der Waals surface area contributed by atoms with Crippen LogP contribution in [0.4, 0.5) is 11.4 Å². The lowest BCUT2D eigenvalue weighted by Gasteiger charge is -2.20. The van der Waals surface area contributed by atoms with Crippen LogP contribution in [0.2, 0.25) is 0 Å². The van der Waals surface area contributed by atoms with Crippen molar-refractivity contribution >= 4 is 33.2 Å². The number of benzene rings is 2. The van der Waals surface area contributed by atoms with Crippen LogP contribution >= 0.6 is 0 Å². The Hall–Kier alpha value is -2.29. The van der Waals surface area contributed by atoms with Gasteiger partial charge in [0.2, 0.25) is 0 Å². The quantitative estimate of drug-likeness (QED) is 0.0437. The van der Waals surface area contributed by atoms with E-state index in [0.717, 1.165) is 24.1 Å². The van der Waals surface area contributed by atoms with Gasteiger partial charge in [-0.25, -0.2) is 4.98 Å². The Balaban J connectivity index is 1.24. The summed E-state index contributed by atoms with van der Waals surface area (Å²) in [5.74, 6) is 0. The van der Waals surface area contributed by atoms with Crippen molar-refractivity contribution in [3.05, 3.63) is 42.5 Å². The summed E-state index contributed by atoms with van der Waals surface area (Å²) >= 11 is 0. The highest BCUT2D eigenvalue weighted by atomic mass is 15.1. The molecule has 0 atom stereocenters. The Kier molecular flexibility index (Phi) is 26.4. The zero-order valence-corrected chi connectivity index (χ0v) is 36.4. The minimum Gasteiger partial charge on any atom is -0.375 e. The third-order valence-electron chi connectivity index (χ3n) is 12.2. The van der Waals surface area contributed by atoms with Crippen LogP contribution in [0.1, 0.15) is 219 Å². The van der Waals surface area contributed by atoms with E-state index in [0.29, 0.717) is 0 Å². The number of aromatic nitrogens is 1. The lowest BCUT2D eigenvalue weighted by Crippen LogP contribution is -2.18. The lowest BCUT2D eigenvalue weighted by molar-refractivity contribution is 0.529. The highest BCUT2D eigenvalue weighted by Crippen LogP contribution is 2.27. The molecule has 54 heavy (non-hydrogen) atoms. The number of pyridine rings is 1. The molecule has 3 nitrogen and oxygen atoms in total. The molecule has 3 heteroatoms. The maximum Gasteiger partial charge on any atom is 0.0730 e. The molecule has 1 heterocycles. The molecule has 3 aromatic rings. The van der Waals surface area contributed by atoms with Gasteiger partial charge in [0.1, 0.15) is 0 Å². The van der Waals surface area contributed by atoms with Crippen LogP contribution < -0.4 is 9.80 Å². The number of fused-ring (bicyclic) bond motifs is 2. The van der Waals surface area contributed by atoms with Crippen LogP contribution in [0.15, 0.2) is 42.5 Å². The molecule has 0 aliphatic rings. The fourth-order valence-electron chi connectivity index (χ4n) is 8.33. The number of anilines is 2. The summed E-state index contributed by atoms with van der Waals surface area (Å²) in [5.41, 5.74) is 4.78. The molecule has 2 aromatic carbocycles. The Bertz CT molecular complexity index is 1220. The first-order valence-electron chi connectivity index (χ1n) is 23.9. The predicted molar refractivity (Wildman–Crippen MR) is 245 cm³/mol. The minimum absolute atomic E-state index is 1.11. The summed E-state index contributed by atoms with van der Waals surface area (Å²) < 4.78 is 0.